The molecule has 112 valence electrons. The van der Waals surface area contributed by atoms with Gasteiger partial charge < -0.3 is 25.4 Å². The highest BCUT2D eigenvalue weighted by Crippen LogP contribution is 2.39. The molecule has 1 aromatic rings. The fourth-order valence-corrected chi connectivity index (χ4v) is 2.71. The van der Waals surface area contributed by atoms with Gasteiger partial charge in [0.1, 0.15) is 13.2 Å². The molecule has 0 spiro atoms. The molecule has 0 fully saturated rings. The van der Waals surface area contributed by atoms with Crippen molar-refractivity contribution >= 4 is 15.9 Å². The maximum atomic E-state index is 5.88. The van der Waals surface area contributed by atoms with Crippen LogP contribution in [0.4, 0.5) is 0 Å². The van der Waals surface area contributed by atoms with Crippen LogP contribution in [0.25, 0.3) is 0 Å². The number of benzene rings is 1. The predicted molar refractivity (Wildman–Crippen MR) is 83.5 cm³/mol. The lowest BCUT2D eigenvalue weighted by atomic mass is 10.1. The summed E-state index contributed by atoms with van der Waals surface area (Å²) in [6.45, 7) is 3.58. The van der Waals surface area contributed by atoms with E-state index in [0.717, 1.165) is 34.6 Å². The van der Waals surface area contributed by atoms with Gasteiger partial charge >= 0.3 is 0 Å². The molecule has 1 atom stereocenters. The van der Waals surface area contributed by atoms with Crippen molar-refractivity contribution in [2.24, 2.45) is 5.73 Å². The number of hydrogen-bond donors (Lipinski definition) is 2. The monoisotopic (exact) mass is 343 g/mol. The molecule has 0 aromatic heterocycles. The molecule has 0 radical (unpaired) electrons. The molecule has 0 saturated heterocycles. The molecule has 3 N–H and O–H groups in total. The first-order chi connectivity index (χ1) is 9.61. The lowest BCUT2D eigenvalue weighted by molar-refractivity contribution is 0.170. The first-order valence-corrected chi connectivity index (χ1v) is 7.58. The zero-order chi connectivity index (χ0) is 14.5. The summed E-state index contributed by atoms with van der Waals surface area (Å²) in [4.78, 5) is 2.14. The van der Waals surface area contributed by atoms with Gasteiger partial charge in [-0.05, 0) is 47.7 Å². The number of ether oxygens (including phenoxy) is 2. The van der Waals surface area contributed by atoms with E-state index < -0.39 is 0 Å². The molecule has 6 heteroatoms. The number of nitrogens with one attached hydrogen (secondary N) is 1. The van der Waals surface area contributed by atoms with Crippen LogP contribution in [0.1, 0.15) is 11.6 Å². The minimum atomic E-state index is 0.113. The van der Waals surface area contributed by atoms with E-state index in [-0.39, 0.29) is 6.04 Å². The third-order valence-corrected chi connectivity index (χ3v) is 3.80. The first kappa shape index (κ1) is 15.6. The van der Waals surface area contributed by atoms with Crippen LogP contribution in [-0.4, -0.2) is 51.8 Å². The fraction of sp³-hybridized carbons (Fsp3) is 0.571. The Morgan fingerprint density at radius 3 is 2.80 bits per heavy atom. The number of halogens is 1. The van der Waals surface area contributed by atoms with E-state index in [4.69, 9.17) is 15.2 Å². The molecule has 0 saturated carbocycles. The summed E-state index contributed by atoms with van der Waals surface area (Å²) in [6, 6.07) is 4.18. The van der Waals surface area contributed by atoms with Crippen LogP contribution in [0.2, 0.25) is 0 Å². The lowest BCUT2D eigenvalue weighted by Gasteiger charge is -2.24. The van der Waals surface area contributed by atoms with E-state index in [0.29, 0.717) is 19.8 Å². The summed E-state index contributed by atoms with van der Waals surface area (Å²) < 4.78 is 12.2. The zero-order valence-electron chi connectivity index (χ0n) is 12.0. The van der Waals surface area contributed by atoms with Gasteiger partial charge in [0.05, 0.1) is 4.47 Å². The van der Waals surface area contributed by atoms with Crippen LogP contribution < -0.4 is 20.5 Å². The summed E-state index contributed by atoms with van der Waals surface area (Å²) in [5, 5.41) is 3.47. The summed E-state index contributed by atoms with van der Waals surface area (Å²) in [7, 11) is 4.11. The average Bonchev–Trinajstić information content (AvgIpc) is 2.43. The van der Waals surface area contributed by atoms with Crippen molar-refractivity contribution in [3.8, 4) is 11.5 Å². The van der Waals surface area contributed by atoms with Crippen LogP contribution in [0.15, 0.2) is 16.6 Å². The van der Waals surface area contributed by atoms with E-state index >= 15 is 0 Å². The van der Waals surface area contributed by atoms with Gasteiger partial charge in [0.25, 0.3) is 0 Å². The highest BCUT2D eigenvalue weighted by Gasteiger charge is 2.19. The highest BCUT2D eigenvalue weighted by molar-refractivity contribution is 9.10. The van der Waals surface area contributed by atoms with Crippen LogP contribution in [0.5, 0.6) is 11.5 Å². The zero-order valence-corrected chi connectivity index (χ0v) is 13.6. The molecular formula is C14H22BrN3O2. The SMILES string of the molecule is CN(C)CCNC(CN)c1cc(Br)c2c(c1)OCCO2. The Hall–Kier alpha value is -0.820. The normalized spacial score (nSPS) is 15.4. The van der Waals surface area contributed by atoms with Crippen molar-refractivity contribution in [2.75, 3.05) is 46.9 Å². The van der Waals surface area contributed by atoms with Crippen molar-refractivity contribution in [2.45, 2.75) is 6.04 Å². The molecule has 0 aliphatic carbocycles. The fourth-order valence-electron chi connectivity index (χ4n) is 2.13. The van der Waals surface area contributed by atoms with Gasteiger partial charge in [-0.3, -0.25) is 0 Å². The van der Waals surface area contributed by atoms with Crippen molar-refractivity contribution in [1.82, 2.24) is 10.2 Å². The topological polar surface area (TPSA) is 59.8 Å². The number of fused-ring (bicyclic) bond motifs is 1. The summed E-state index contributed by atoms with van der Waals surface area (Å²) in [5.74, 6) is 1.57. The molecule has 5 nitrogen and oxygen atoms in total. The van der Waals surface area contributed by atoms with E-state index in [9.17, 15) is 0 Å². The molecule has 2 rings (SSSR count). The smallest absolute Gasteiger partial charge is 0.175 e. The van der Waals surface area contributed by atoms with E-state index in [1.165, 1.54) is 0 Å². The van der Waals surface area contributed by atoms with Gasteiger partial charge in [-0.25, -0.2) is 0 Å². The van der Waals surface area contributed by atoms with E-state index in [2.05, 4.69) is 40.2 Å². The molecule has 20 heavy (non-hydrogen) atoms. The Labute approximate surface area is 128 Å². The maximum absolute atomic E-state index is 5.88. The quantitative estimate of drug-likeness (QED) is 0.816. The average molecular weight is 344 g/mol. The number of rotatable bonds is 6. The number of nitrogens with two attached hydrogens (primary N) is 1. The predicted octanol–water partition coefficient (Wildman–Crippen LogP) is 1.37. The Balaban J connectivity index is 2.11. The second-order valence-corrected chi connectivity index (χ2v) is 5.93. The Bertz CT molecular complexity index is 454. The molecule has 1 heterocycles. The van der Waals surface area contributed by atoms with Crippen LogP contribution in [-0.2, 0) is 0 Å². The minimum Gasteiger partial charge on any atom is -0.486 e. The van der Waals surface area contributed by atoms with Crippen molar-refractivity contribution < 1.29 is 9.47 Å². The van der Waals surface area contributed by atoms with Gasteiger partial charge in [-0.1, -0.05) is 0 Å². The van der Waals surface area contributed by atoms with Gasteiger partial charge in [0, 0.05) is 25.7 Å². The number of hydrogen-bond acceptors (Lipinski definition) is 5. The number of likely N-dealkylation sites (N-methyl/N-ethyl adjacent to an activating group) is 1. The van der Waals surface area contributed by atoms with Gasteiger partial charge in [0.15, 0.2) is 11.5 Å². The molecule has 1 aliphatic rings. The molecular weight excluding hydrogens is 322 g/mol. The maximum Gasteiger partial charge on any atom is 0.175 e. The molecule has 1 aromatic carbocycles. The summed E-state index contributed by atoms with van der Waals surface area (Å²) in [6.07, 6.45) is 0. The second-order valence-electron chi connectivity index (χ2n) is 5.07. The Morgan fingerprint density at radius 2 is 2.10 bits per heavy atom. The minimum absolute atomic E-state index is 0.113. The molecule has 0 amide bonds. The van der Waals surface area contributed by atoms with Crippen LogP contribution in [0, 0.1) is 0 Å². The molecule has 0 bridgehead atoms. The van der Waals surface area contributed by atoms with Crippen LogP contribution in [0.3, 0.4) is 0 Å². The highest BCUT2D eigenvalue weighted by atomic mass is 79.9. The number of nitrogens with zero attached hydrogens (tertiary/aromatic N) is 1. The van der Waals surface area contributed by atoms with Crippen LogP contribution >= 0.6 is 15.9 Å². The van der Waals surface area contributed by atoms with Crippen molar-refractivity contribution in [3.05, 3.63) is 22.2 Å². The van der Waals surface area contributed by atoms with E-state index in [1.807, 2.05) is 12.1 Å². The van der Waals surface area contributed by atoms with E-state index in [1.54, 1.807) is 0 Å². The van der Waals surface area contributed by atoms with Crippen molar-refractivity contribution in [1.29, 1.82) is 0 Å². The van der Waals surface area contributed by atoms with Gasteiger partial charge in [-0.2, -0.15) is 0 Å². The Kier molecular flexibility index (Phi) is 5.65. The third-order valence-electron chi connectivity index (χ3n) is 3.21. The Morgan fingerprint density at radius 1 is 1.35 bits per heavy atom. The van der Waals surface area contributed by atoms with Crippen molar-refractivity contribution in [3.63, 3.8) is 0 Å². The van der Waals surface area contributed by atoms with Gasteiger partial charge in [0.2, 0.25) is 0 Å². The summed E-state index contributed by atoms with van der Waals surface area (Å²) >= 11 is 3.54. The lowest BCUT2D eigenvalue weighted by Crippen LogP contribution is -2.33. The molecule has 1 aliphatic heterocycles. The van der Waals surface area contributed by atoms with Gasteiger partial charge in [-0.15, -0.1) is 0 Å². The first-order valence-electron chi connectivity index (χ1n) is 6.79. The third kappa shape index (κ3) is 3.85. The molecule has 1 unspecified atom stereocenters. The standard InChI is InChI=1S/C14H22BrN3O2/c1-18(2)4-3-17-12(9-16)10-7-11(15)14-13(8-10)19-5-6-20-14/h7-8,12,17H,3-6,9,16H2,1-2H3. The second kappa shape index (κ2) is 7.26. The summed E-state index contributed by atoms with van der Waals surface area (Å²) in [5.41, 5.74) is 7.00. The largest absolute Gasteiger partial charge is 0.486 e.